The van der Waals surface area contributed by atoms with Crippen LogP contribution >= 0.6 is 0 Å². The minimum Gasteiger partial charge on any atom is -0.256 e. The number of aromatic nitrogens is 1. The Bertz CT molecular complexity index is 418. The fraction of sp³-hybridized carbons (Fsp3) is 0.182. The van der Waals surface area contributed by atoms with Crippen LogP contribution in [0.4, 0.5) is 0 Å². The molecule has 1 heterocycles. The first-order valence-electron chi connectivity index (χ1n) is 4.01. The number of pyridine rings is 1. The Balaban J connectivity index is 2.86. The standard InChI is InChI=1S/C11H10N/c1-8-3-4-10-9(2)5-6-12-11(10)7-8/h3-6H,1-2H3. The normalized spacial score (nSPS) is 10.5. The minimum absolute atomic E-state index is 0.968. The van der Waals surface area contributed by atoms with Crippen LogP contribution in [0.25, 0.3) is 10.9 Å². The molecule has 0 aliphatic rings. The van der Waals surface area contributed by atoms with Gasteiger partial charge in [0, 0.05) is 17.6 Å². The summed E-state index contributed by atoms with van der Waals surface area (Å²) in [5.74, 6) is 0. The number of fused-ring (bicyclic) bond motifs is 1. The molecule has 1 aromatic heterocycles. The highest BCUT2D eigenvalue weighted by Gasteiger charge is 1.96. The first kappa shape index (κ1) is 7.29. The van der Waals surface area contributed by atoms with Crippen LogP contribution in [0.5, 0.6) is 0 Å². The molecular formula is C11H10N. The Morgan fingerprint density at radius 3 is 2.83 bits per heavy atom. The smallest absolute Gasteiger partial charge is 0.0786 e. The summed E-state index contributed by atoms with van der Waals surface area (Å²) in [5.41, 5.74) is 3.37. The van der Waals surface area contributed by atoms with Gasteiger partial charge in [-0.2, -0.15) is 0 Å². The predicted octanol–water partition coefficient (Wildman–Crippen LogP) is 2.65. The zero-order chi connectivity index (χ0) is 8.55. The maximum atomic E-state index is 4.25. The van der Waals surface area contributed by atoms with Crippen LogP contribution in [0.15, 0.2) is 24.4 Å². The Hall–Kier alpha value is -1.37. The lowest BCUT2D eigenvalue weighted by Gasteiger charge is -2.00. The van der Waals surface area contributed by atoms with Gasteiger partial charge in [-0.25, -0.2) is 0 Å². The highest BCUT2D eigenvalue weighted by molar-refractivity contribution is 5.81. The monoisotopic (exact) mass is 156 g/mol. The summed E-state index contributed by atoms with van der Waals surface area (Å²) in [4.78, 5) is 4.25. The zero-order valence-electron chi connectivity index (χ0n) is 7.26. The van der Waals surface area contributed by atoms with Gasteiger partial charge in [0.05, 0.1) is 5.52 Å². The molecule has 0 aliphatic heterocycles. The summed E-state index contributed by atoms with van der Waals surface area (Å²) in [6.07, 6.45) is 1.83. The summed E-state index contributed by atoms with van der Waals surface area (Å²) in [6, 6.07) is 9.41. The number of aryl methyl sites for hydroxylation is 2. The minimum atomic E-state index is 0.968. The number of benzene rings is 1. The lowest BCUT2D eigenvalue weighted by Crippen LogP contribution is -1.83. The van der Waals surface area contributed by atoms with Crippen molar-refractivity contribution in [2.24, 2.45) is 0 Å². The van der Waals surface area contributed by atoms with Gasteiger partial charge in [-0.3, -0.25) is 4.98 Å². The molecule has 0 bridgehead atoms. The number of rotatable bonds is 0. The third-order valence-electron chi connectivity index (χ3n) is 2.02. The van der Waals surface area contributed by atoms with Crippen molar-refractivity contribution in [2.75, 3.05) is 0 Å². The third kappa shape index (κ3) is 1.07. The average molecular weight is 156 g/mol. The second-order valence-corrected chi connectivity index (χ2v) is 3.03. The fourth-order valence-electron chi connectivity index (χ4n) is 1.32. The van der Waals surface area contributed by atoms with Gasteiger partial charge in [0.25, 0.3) is 0 Å². The molecule has 0 aliphatic carbocycles. The van der Waals surface area contributed by atoms with Gasteiger partial charge in [-0.05, 0) is 31.0 Å². The third-order valence-corrected chi connectivity index (χ3v) is 2.02. The van der Waals surface area contributed by atoms with E-state index in [0.29, 0.717) is 0 Å². The van der Waals surface area contributed by atoms with Gasteiger partial charge in [0.2, 0.25) is 0 Å². The Morgan fingerprint density at radius 1 is 1.17 bits per heavy atom. The molecule has 0 saturated heterocycles. The molecule has 0 unspecified atom stereocenters. The van der Waals surface area contributed by atoms with E-state index in [4.69, 9.17) is 0 Å². The van der Waals surface area contributed by atoms with Crippen LogP contribution in [-0.2, 0) is 0 Å². The Kier molecular flexibility index (Phi) is 1.58. The van der Waals surface area contributed by atoms with Crippen molar-refractivity contribution in [3.8, 4) is 0 Å². The highest BCUT2D eigenvalue weighted by Crippen LogP contribution is 2.15. The SMILES string of the molecule is Cc1[c]c2nccc(C)c2cc1. The molecular weight excluding hydrogens is 146 g/mol. The molecule has 2 aromatic rings. The fourth-order valence-corrected chi connectivity index (χ4v) is 1.32. The van der Waals surface area contributed by atoms with Crippen LogP contribution in [0.1, 0.15) is 11.1 Å². The van der Waals surface area contributed by atoms with E-state index in [1.165, 1.54) is 10.9 Å². The van der Waals surface area contributed by atoms with Crippen molar-refractivity contribution < 1.29 is 0 Å². The van der Waals surface area contributed by atoms with E-state index in [-0.39, 0.29) is 0 Å². The predicted molar refractivity (Wildman–Crippen MR) is 50.1 cm³/mol. The van der Waals surface area contributed by atoms with Gasteiger partial charge < -0.3 is 0 Å². The maximum Gasteiger partial charge on any atom is 0.0786 e. The first-order chi connectivity index (χ1) is 5.77. The largest absolute Gasteiger partial charge is 0.256 e. The summed E-state index contributed by atoms with van der Waals surface area (Å²) >= 11 is 0. The number of hydrogen-bond acceptors (Lipinski definition) is 1. The molecule has 0 saturated carbocycles. The van der Waals surface area contributed by atoms with Crippen LogP contribution in [0.2, 0.25) is 0 Å². The van der Waals surface area contributed by atoms with E-state index < -0.39 is 0 Å². The van der Waals surface area contributed by atoms with Gasteiger partial charge in [0.1, 0.15) is 0 Å². The molecule has 0 fully saturated rings. The molecule has 0 atom stereocenters. The van der Waals surface area contributed by atoms with Crippen molar-refractivity contribution in [1.82, 2.24) is 4.98 Å². The lowest BCUT2D eigenvalue weighted by atomic mass is 10.1. The molecule has 0 amide bonds. The molecule has 0 spiro atoms. The van der Waals surface area contributed by atoms with Crippen molar-refractivity contribution >= 4 is 10.9 Å². The molecule has 12 heavy (non-hydrogen) atoms. The van der Waals surface area contributed by atoms with Crippen molar-refractivity contribution in [2.45, 2.75) is 13.8 Å². The molecule has 0 N–H and O–H groups in total. The van der Waals surface area contributed by atoms with E-state index >= 15 is 0 Å². The Morgan fingerprint density at radius 2 is 2.00 bits per heavy atom. The lowest BCUT2D eigenvalue weighted by molar-refractivity contribution is 1.35. The van der Waals surface area contributed by atoms with Crippen LogP contribution in [-0.4, -0.2) is 4.98 Å². The van der Waals surface area contributed by atoms with E-state index in [0.717, 1.165) is 11.1 Å². The molecule has 59 valence electrons. The van der Waals surface area contributed by atoms with E-state index in [1.807, 2.05) is 19.2 Å². The summed E-state index contributed by atoms with van der Waals surface area (Å²) in [6.45, 7) is 4.12. The second kappa shape index (κ2) is 2.59. The van der Waals surface area contributed by atoms with E-state index in [2.05, 4.69) is 30.1 Å². The topological polar surface area (TPSA) is 12.9 Å². The number of nitrogens with zero attached hydrogens (tertiary/aromatic N) is 1. The second-order valence-electron chi connectivity index (χ2n) is 3.03. The first-order valence-corrected chi connectivity index (χ1v) is 4.01. The van der Waals surface area contributed by atoms with Gasteiger partial charge >= 0.3 is 0 Å². The van der Waals surface area contributed by atoms with Gasteiger partial charge in [0.15, 0.2) is 0 Å². The van der Waals surface area contributed by atoms with Crippen molar-refractivity contribution in [3.05, 3.63) is 41.6 Å². The van der Waals surface area contributed by atoms with Crippen molar-refractivity contribution in [1.29, 1.82) is 0 Å². The average Bonchev–Trinajstić information content (AvgIpc) is 2.04. The quantitative estimate of drug-likeness (QED) is 0.571. The van der Waals surface area contributed by atoms with Crippen molar-refractivity contribution in [3.63, 3.8) is 0 Å². The maximum absolute atomic E-state index is 4.25. The summed E-state index contributed by atoms with van der Waals surface area (Å²) < 4.78 is 0. The molecule has 2 rings (SSSR count). The molecule has 1 radical (unpaired) electrons. The molecule has 1 aromatic carbocycles. The van der Waals surface area contributed by atoms with E-state index in [9.17, 15) is 0 Å². The van der Waals surface area contributed by atoms with Crippen LogP contribution in [0.3, 0.4) is 0 Å². The van der Waals surface area contributed by atoms with Crippen LogP contribution < -0.4 is 0 Å². The zero-order valence-corrected chi connectivity index (χ0v) is 7.26. The highest BCUT2D eigenvalue weighted by atomic mass is 14.6. The summed E-state index contributed by atoms with van der Waals surface area (Å²) in [5, 5.41) is 1.20. The Labute approximate surface area is 72.1 Å². The summed E-state index contributed by atoms with van der Waals surface area (Å²) in [7, 11) is 0. The van der Waals surface area contributed by atoms with Gasteiger partial charge in [-0.15, -0.1) is 0 Å². The van der Waals surface area contributed by atoms with E-state index in [1.54, 1.807) is 0 Å². The number of hydrogen-bond donors (Lipinski definition) is 0. The molecule has 1 heteroatoms. The van der Waals surface area contributed by atoms with Crippen LogP contribution in [0, 0.1) is 19.9 Å². The molecule has 1 nitrogen and oxygen atoms in total. The van der Waals surface area contributed by atoms with Gasteiger partial charge in [-0.1, -0.05) is 12.1 Å².